The highest BCUT2D eigenvalue weighted by Crippen LogP contribution is 2.31. The number of aromatic nitrogens is 1. The van der Waals surface area contributed by atoms with Gasteiger partial charge in [0.2, 0.25) is 17.5 Å². The van der Waals surface area contributed by atoms with Gasteiger partial charge >= 0.3 is 0 Å². The summed E-state index contributed by atoms with van der Waals surface area (Å²) < 4.78 is 34.1. The molecule has 28 heavy (non-hydrogen) atoms. The Morgan fingerprint density at radius 1 is 1.32 bits per heavy atom. The monoisotopic (exact) mass is 404 g/mol. The molecular weight excluding hydrogens is 384 g/mol. The zero-order chi connectivity index (χ0) is 19.7. The summed E-state index contributed by atoms with van der Waals surface area (Å²) in [6, 6.07) is 5.17. The molecule has 1 atom stereocenters. The lowest BCUT2D eigenvalue weighted by atomic mass is 9.95. The molecule has 2 fully saturated rings. The van der Waals surface area contributed by atoms with E-state index >= 15 is 0 Å². The number of nitrogens with one attached hydrogen (secondary N) is 1. The lowest BCUT2D eigenvalue weighted by molar-refractivity contribution is -0.126. The number of furan rings is 1. The molecular formula is C18H20N4O5S. The molecule has 2 aromatic rings. The van der Waals surface area contributed by atoms with E-state index in [1.807, 2.05) is 11.0 Å². The molecule has 2 aliphatic heterocycles. The Morgan fingerprint density at radius 3 is 2.71 bits per heavy atom. The molecule has 0 saturated carbocycles. The Balaban J connectivity index is 1.38. The maximum Gasteiger partial charge on any atom is 0.266 e. The number of sulfone groups is 1. The van der Waals surface area contributed by atoms with Crippen molar-refractivity contribution < 1.29 is 22.0 Å². The van der Waals surface area contributed by atoms with Gasteiger partial charge in [-0.15, -0.1) is 0 Å². The van der Waals surface area contributed by atoms with Crippen molar-refractivity contribution in [2.45, 2.75) is 25.3 Å². The van der Waals surface area contributed by atoms with Gasteiger partial charge in [0, 0.05) is 25.0 Å². The van der Waals surface area contributed by atoms with E-state index in [-0.39, 0.29) is 41.0 Å². The van der Waals surface area contributed by atoms with Crippen LogP contribution in [0.25, 0.3) is 11.7 Å². The van der Waals surface area contributed by atoms with E-state index in [1.165, 1.54) is 6.26 Å². The third-order valence-electron chi connectivity index (χ3n) is 5.18. The summed E-state index contributed by atoms with van der Waals surface area (Å²) >= 11 is 0. The SMILES string of the molecule is N#Cc1nc(-c2ccco2)oc1N1CCC(C(=O)NC2CCS(=O)(=O)C2)CC1. The molecule has 4 heterocycles. The van der Waals surface area contributed by atoms with Gasteiger partial charge in [-0.1, -0.05) is 0 Å². The molecule has 0 aliphatic carbocycles. The van der Waals surface area contributed by atoms with Gasteiger partial charge in [-0.2, -0.15) is 10.2 Å². The first-order valence-electron chi connectivity index (χ1n) is 9.16. The highest BCUT2D eigenvalue weighted by molar-refractivity contribution is 7.91. The maximum absolute atomic E-state index is 12.5. The summed E-state index contributed by atoms with van der Waals surface area (Å²) in [4.78, 5) is 18.6. The molecule has 2 saturated heterocycles. The summed E-state index contributed by atoms with van der Waals surface area (Å²) in [5.41, 5.74) is 0.186. The molecule has 0 aromatic carbocycles. The molecule has 1 unspecified atom stereocenters. The number of amides is 1. The van der Waals surface area contributed by atoms with Crippen molar-refractivity contribution in [1.29, 1.82) is 5.26 Å². The van der Waals surface area contributed by atoms with E-state index < -0.39 is 9.84 Å². The van der Waals surface area contributed by atoms with Crippen LogP contribution in [0.15, 0.2) is 27.2 Å². The maximum atomic E-state index is 12.5. The minimum Gasteiger partial charge on any atom is -0.459 e. The largest absolute Gasteiger partial charge is 0.459 e. The Labute approximate surface area is 162 Å². The van der Waals surface area contributed by atoms with Crippen LogP contribution >= 0.6 is 0 Å². The van der Waals surface area contributed by atoms with Crippen LogP contribution in [0.3, 0.4) is 0 Å². The molecule has 0 radical (unpaired) electrons. The minimum atomic E-state index is -3.02. The lowest BCUT2D eigenvalue weighted by Crippen LogP contribution is -2.44. The Kier molecular flexibility index (Phi) is 4.85. The number of anilines is 1. The van der Waals surface area contributed by atoms with Crippen LogP contribution in [0.4, 0.5) is 5.88 Å². The second-order valence-electron chi connectivity index (χ2n) is 7.13. The van der Waals surface area contributed by atoms with Crippen molar-refractivity contribution in [2.24, 2.45) is 5.92 Å². The Hall–Kier alpha value is -2.80. The zero-order valence-corrected chi connectivity index (χ0v) is 15.9. The second-order valence-corrected chi connectivity index (χ2v) is 9.36. The molecule has 1 N–H and O–H groups in total. The predicted octanol–water partition coefficient (Wildman–Crippen LogP) is 1.33. The molecule has 0 bridgehead atoms. The van der Waals surface area contributed by atoms with Crippen LogP contribution in [0.5, 0.6) is 0 Å². The molecule has 4 rings (SSSR count). The van der Waals surface area contributed by atoms with Crippen LogP contribution in [0.2, 0.25) is 0 Å². The third kappa shape index (κ3) is 3.75. The predicted molar refractivity (Wildman–Crippen MR) is 99.1 cm³/mol. The number of hydrogen-bond acceptors (Lipinski definition) is 8. The number of carbonyl (C=O) groups excluding carboxylic acids is 1. The molecule has 1 amide bonds. The van der Waals surface area contributed by atoms with Gasteiger partial charge in [-0.05, 0) is 31.4 Å². The van der Waals surface area contributed by atoms with Crippen LogP contribution < -0.4 is 10.2 Å². The van der Waals surface area contributed by atoms with Gasteiger partial charge in [0.1, 0.15) is 6.07 Å². The van der Waals surface area contributed by atoms with Gasteiger partial charge in [-0.3, -0.25) is 4.79 Å². The standard InChI is InChI=1S/C18H20N4O5S/c19-10-14-18(27-17(21-14)15-2-1-8-26-15)22-6-3-12(4-7-22)16(23)20-13-5-9-28(24,25)11-13/h1-2,8,12-13H,3-7,9,11H2,(H,20,23). The Bertz CT molecular complexity index is 997. The van der Waals surface area contributed by atoms with Crippen LogP contribution in [0.1, 0.15) is 25.0 Å². The van der Waals surface area contributed by atoms with Gasteiger partial charge in [0.15, 0.2) is 15.6 Å². The normalized spacial score (nSPS) is 22.1. The van der Waals surface area contributed by atoms with Gasteiger partial charge in [0.25, 0.3) is 5.89 Å². The van der Waals surface area contributed by atoms with Gasteiger partial charge < -0.3 is 19.1 Å². The average Bonchev–Trinajstić information content (AvgIpc) is 3.41. The van der Waals surface area contributed by atoms with Gasteiger partial charge in [-0.25, -0.2) is 8.42 Å². The smallest absolute Gasteiger partial charge is 0.266 e. The van der Waals surface area contributed by atoms with Crippen molar-refractivity contribution in [3.8, 4) is 17.7 Å². The minimum absolute atomic E-state index is 0.0245. The van der Waals surface area contributed by atoms with Crippen molar-refractivity contribution in [3.05, 3.63) is 24.1 Å². The van der Waals surface area contributed by atoms with Crippen molar-refractivity contribution in [3.63, 3.8) is 0 Å². The van der Waals surface area contributed by atoms with E-state index in [1.54, 1.807) is 12.1 Å². The number of rotatable bonds is 4. The molecule has 9 nitrogen and oxygen atoms in total. The first-order chi connectivity index (χ1) is 13.4. The fourth-order valence-corrected chi connectivity index (χ4v) is 5.35. The molecule has 2 aliphatic rings. The molecule has 148 valence electrons. The third-order valence-corrected chi connectivity index (χ3v) is 6.95. The lowest BCUT2D eigenvalue weighted by Gasteiger charge is -2.31. The number of carbonyl (C=O) groups is 1. The second kappa shape index (κ2) is 7.31. The first-order valence-corrected chi connectivity index (χ1v) is 11.0. The highest BCUT2D eigenvalue weighted by atomic mass is 32.2. The summed E-state index contributed by atoms with van der Waals surface area (Å²) in [6.45, 7) is 1.09. The van der Waals surface area contributed by atoms with Gasteiger partial charge in [0.05, 0.1) is 17.8 Å². The molecule has 2 aromatic heterocycles. The zero-order valence-electron chi connectivity index (χ0n) is 15.1. The fraction of sp³-hybridized carbons (Fsp3) is 0.500. The summed E-state index contributed by atoms with van der Waals surface area (Å²) in [6.07, 6.45) is 3.16. The topological polar surface area (TPSA) is 129 Å². The summed E-state index contributed by atoms with van der Waals surface area (Å²) in [7, 11) is -3.02. The number of nitrogens with zero attached hydrogens (tertiary/aromatic N) is 3. The number of nitriles is 1. The Morgan fingerprint density at radius 2 is 2.11 bits per heavy atom. The van der Waals surface area contributed by atoms with Crippen molar-refractivity contribution >= 4 is 21.6 Å². The number of hydrogen-bond donors (Lipinski definition) is 1. The van der Waals surface area contributed by atoms with Crippen LogP contribution in [-0.4, -0.2) is 49.9 Å². The highest BCUT2D eigenvalue weighted by Gasteiger charge is 2.33. The average molecular weight is 404 g/mol. The molecule has 0 spiro atoms. The summed E-state index contributed by atoms with van der Waals surface area (Å²) in [5, 5.41) is 12.2. The first kappa shape index (κ1) is 18.6. The van der Waals surface area contributed by atoms with E-state index in [4.69, 9.17) is 8.83 Å². The van der Waals surface area contributed by atoms with E-state index in [9.17, 15) is 18.5 Å². The molecule has 10 heteroatoms. The van der Waals surface area contributed by atoms with E-state index in [0.717, 1.165) is 0 Å². The quantitative estimate of drug-likeness (QED) is 0.808. The van der Waals surface area contributed by atoms with Crippen molar-refractivity contribution in [1.82, 2.24) is 10.3 Å². The number of piperidine rings is 1. The number of oxazole rings is 1. The van der Waals surface area contributed by atoms with E-state index in [0.29, 0.717) is 44.0 Å². The van der Waals surface area contributed by atoms with E-state index in [2.05, 4.69) is 10.3 Å². The van der Waals surface area contributed by atoms with Crippen molar-refractivity contribution in [2.75, 3.05) is 29.5 Å². The van der Waals surface area contributed by atoms with Crippen LogP contribution in [0, 0.1) is 17.2 Å². The fourth-order valence-electron chi connectivity index (χ4n) is 3.68. The summed E-state index contributed by atoms with van der Waals surface area (Å²) in [5.74, 6) is 0.957. The van der Waals surface area contributed by atoms with Crippen LogP contribution in [-0.2, 0) is 14.6 Å².